The second-order valence-corrected chi connectivity index (χ2v) is 5.44. The van der Waals surface area contributed by atoms with E-state index in [-0.39, 0.29) is 22.9 Å². The number of H-pyrrole nitrogens is 1. The fourth-order valence-corrected chi connectivity index (χ4v) is 2.37. The summed E-state index contributed by atoms with van der Waals surface area (Å²) in [5.74, 6) is -1.68. The molecule has 3 aromatic rings. The van der Waals surface area contributed by atoms with Gasteiger partial charge >= 0.3 is 6.18 Å². The average molecular weight is 333 g/mol. The van der Waals surface area contributed by atoms with Gasteiger partial charge in [0.15, 0.2) is 0 Å². The Balaban J connectivity index is 1.81. The highest BCUT2D eigenvalue weighted by Crippen LogP contribution is 2.29. The summed E-state index contributed by atoms with van der Waals surface area (Å²) in [6.07, 6.45) is -4.54. The van der Waals surface area contributed by atoms with Crippen molar-refractivity contribution in [3.05, 3.63) is 59.9 Å². The topological polar surface area (TPSA) is 57.8 Å². The second-order valence-electron chi connectivity index (χ2n) is 5.44. The van der Waals surface area contributed by atoms with Gasteiger partial charge < -0.3 is 10.3 Å². The predicted molar refractivity (Wildman–Crippen MR) is 84.6 cm³/mol. The van der Waals surface area contributed by atoms with Crippen LogP contribution in [0.3, 0.4) is 0 Å². The number of amides is 1. The summed E-state index contributed by atoms with van der Waals surface area (Å²) in [7, 11) is 0. The van der Waals surface area contributed by atoms with E-state index < -0.39 is 12.0 Å². The van der Waals surface area contributed by atoms with Gasteiger partial charge in [0.25, 0.3) is 0 Å². The summed E-state index contributed by atoms with van der Waals surface area (Å²) in [6.45, 7) is 1.77. The van der Waals surface area contributed by atoms with Crippen molar-refractivity contribution < 1.29 is 18.0 Å². The van der Waals surface area contributed by atoms with Gasteiger partial charge in [-0.25, -0.2) is 4.98 Å². The Morgan fingerprint density at radius 1 is 1.17 bits per heavy atom. The van der Waals surface area contributed by atoms with Crippen molar-refractivity contribution in [2.45, 2.75) is 19.0 Å². The van der Waals surface area contributed by atoms with Gasteiger partial charge in [-0.1, -0.05) is 30.3 Å². The van der Waals surface area contributed by atoms with Gasteiger partial charge in [-0.05, 0) is 30.7 Å². The number of nitrogens with zero attached hydrogens (tertiary/aromatic N) is 1. The van der Waals surface area contributed by atoms with Gasteiger partial charge in [-0.3, -0.25) is 4.79 Å². The van der Waals surface area contributed by atoms with E-state index in [1.165, 1.54) is 18.2 Å². The molecule has 124 valence electrons. The van der Waals surface area contributed by atoms with Crippen molar-refractivity contribution in [2.24, 2.45) is 0 Å². The number of aromatic amines is 1. The summed E-state index contributed by atoms with van der Waals surface area (Å²) in [5, 5.41) is 2.71. The van der Waals surface area contributed by atoms with Crippen molar-refractivity contribution in [2.75, 3.05) is 5.32 Å². The summed E-state index contributed by atoms with van der Waals surface area (Å²) in [4.78, 5) is 18.0. The van der Waals surface area contributed by atoms with E-state index in [9.17, 15) is 18.0 Å². The lowest BCUT2D eigenvalue weighted by Crippen LogP contribution is -2.18. The number of alkyl halides is 3. The van der Waals surface area contributed by atoms with Crippen molar-refractivity contribution in [3.8, 4) is 0 Å². The van der Waals surface area contributed by atoms with Crippen LogP contribution in [0, 0.1) is 0 Å². The third-order valence-electron chi connectivity index (χ3n) is 3.71. The van der Waals surface area contributed by atoms with E-state index in [2.05, 4.69) is 15.3 Å². The molecule has 7 heteroatoms. The monoisotopic (exact) mass is 333 g/mol. The second kappa shape index (κ2) is 5.99. The Morgan fingerprint density at radius 2 is 1.88 bits per heavy atom. The minimum atomic E-state index is -4.54. The van der Waals surface area contributed by atoms with E-state index >= 15 is 0 Å². The quantitative estimate of drug-likeness (QED) is 0.750. The zero-order valence-corrected chi connectivity index (χ0v) is 12.7. The van der Waals surface area contributed by atoms with Gasteiger partial charge in [-0.2, -0.15) is 13.2 Å². The SMILES string of the molecule is CC(C(=O)Nc1ccc2nc(C(F)(F)F)[nH]c2c1)c1ccccc1. The van der Waals surface area contributed by atoms with Gasteiger partial charge in [-0.15, -0.1) is 0 Å². The Bertz CT molecular complexity index is 872. The highest BCUT2D eigenvalue weighted by Gasteiger charge is 2.34. The van der Waals surface area contributed by atoms with Crippen molar-refractivity contribution in [3.63, 3.8) is 0 Å². The molecule has 0 radical (unpaired) electrons. The zero-order valence-electron chi connectivity index (χ0n) is 12.7. The number of imidazole rings is 1. The van der Waals surface area contributed by atoms with E-state index in [1.54, 1.807) is 6.92 Å². The number of carbonyl (C=O) groups is 1. The van der Waals surface area contributed by atoms with Crippen LogP contribution in [0.15, 0.2) is 48.5 Å². The van der Waals surface area contributed by atoms with Gasteiger partial charge in [0.2, 0.25) is 11.7 Å². The van der Waals surface area contributed by atoms with Crippen LogP contribution in [0.25, 0.3) is 11.0 Å². The van der Waals surface area contributed by atoms with Crippen LogP contribution in [0.5, 0.6) is 0 Å². The molecule has 0 bridgehead atoms. The number of nitrogens with one attached hydrogen (secondary N) is 2. The van der Waals surface area contributed by atoms with Gasteiger partial charge in [0.05, 0.1) is 17.0 Å². The van der Waals surface area contributed by atoms with Gasteiger partial charge in [0, 0.05) is 5.69 Å². The molecule has 1 atom stereocenters. The summed E-state index contributed by atoms with van der Waals surface area (Å²) in [5.41, 5.74) is 1.67. The molecule has 0 saturated carbocycles. The van der Waals surface area contributed by atoms with Crippen molar-refractivity contribution >= 4 is 22.6 Å². The van der Waals surface area contributed by atoms with Crippen LogP contribution in [-0.4, -0.2) is 15.9 Å². The summed E-state index contributed by atoms with van der Waals surface area (Å²) in [6, 6.07) is 13.6. The van der Waals surface area contributed by atoms with Crippen LogP contribution in [0.2, 0.25) is 0 Å². The number of anilines is 1. The van der Waals surface area contributed by atoms with Crippen LogP contribution >= 0.6 is 0 Å². The first kappa shape index (κ1) is 16.0. The molecular weight excluding hydrogens is 319 g/mol. The largest absolute Gasteiger partial charge is 0.449 e. The first-order valence-corrected chi connectivity index (χ1v) is 7.27. The third kappa shape index (κ3) is 3.24. The number of rotatable bonds is 3. The maximum atomic E-state index is 12.7. The molecule has 1 unspecified atom stereocenters. The summed E-state index contributed by atoms with van der Waals surface area (Å²) < 4.78 is 38.0. The first-order valence-electron chi connectivity index (χ1n) is 7.27. The lowest BCUT2D eigenvalue weighted by Gasteiger charge is -2.12. The molecule has 1 amide bonds. The molecule has 1 heterocycles. The first-order chi connectivity index (χ1) is 11.3. The standard InChI is InChI=1S/C17H14F3N3O/c1-10(11-5-3-2-4-6-11)15(24)21-12-7-8-13-14(9-12)23-16(22-13)17(18,19)20/h2-10H,1H3,(H,21,24)(H,22,23). The van der Waals surface area contributed by atoms with E-state index in [4.69, 9.17) is 0 Å². The molecule has 1 aromatic heterocycles. The number of halogens is 3. The molecule has 0 saturated heterocycles. The normalized spacial score (nSPS) is 13.0. The maximum Gasteiger partial charge on any atom is 0.449 e. The summed E-state index contributed by atoms with van der Waals surface area (Å²) >= 11 is 0. The van der Waals surface area contributed by atoms with E-state index in [0.717, 1.165) is 5.56 Å². The fraction of sp³-hybridized carbons (Fsp3) is 0.176. The molecule has 2 aromatic carbocycles. The number of aromatic nitrogens is 2. The number of benzene rings is 2. The Kier molecular flexibility index (Phi) is 4.01. The Labute approximate surface area is 135 Å². The predicted octanol–water partition coefficient (Wildman–Crippen LogP) is 4.32. The molecule has 0 fully saturated rings. The zero-order chi connectivity index (χ0) is 17.3. The number of hydrogen-bond donors (Lipinski definition) is 2. The lowest BCUT2D eigenvalue weighted by molar-refractivity contribution is -0.144. The van der Waals surface area contributed by atoms with Gasteiger partial charge in [0.1, 0.15) is 0 Å². The van der Waals surface area contributed by atoms with E-state index in [1.807, 2.05) is 30.3 Å². The molecule has 2 N–H and O–H groups in total. The highest BCUT2D eigenvalue weighted by atomic mass is 19.4. The molecular formula is C17H14F3N3O. The molecule has 0 aliphatic rings. The Hall–Kier alpha value is -2.83. The van der Waals surface area contributed by atoms with E-state index in [0.29, 0.717) is 5.69 Å². The molecule has 0 spiro atoms. The molecule has 4 nitrogen and oxygen atoms in total. The highest BCUT2D eigenvalue weighted by molar-refractivity contribution is 5.97. The van der Waals surface area contributed by atoms with Crippen LogP contribution in [-0.2, 0) is 11.0 Å². The number of hydrogen-bond acceptors (Lipinski definition) is 2. The fourth-order valence-electron chi connectivity index (χ4n) is 2.37. The number of fused-ring (bicyclic) bond motifs is 1. The third-order valence-corrected chi connectivity index (χ3v) is 3.71. The molecule has 0 aliphatic heterocycles. The van der Waals surface area contributed by atoms with Crippen molar-refractivity contribution in [1.29, 1.82) is 0 Å². The minimum absolute atomic E-state index is 0.191. The lowest BCUT2D eigenvalue weighted by atomic mass is 10.0. The van der Waals surface area contributed by atoms with Crippen LogP contribution < -0.4 is 5.32 Å². The van der Waals surface area contributed by atoms with Crippen LogP contribution in [0.4, 0.5) is 18.9 Å². The van der Waals surface area contributed by atoms with Crippen molar-refractivity contribution in [1.82, 2.24) is 9.97 Å². The molecule has 24 heavy (non-hydrogen) atoms. The number of carbonyl (C=O) groups excluding carboxylic acids is 1. The molecule has 0 aliphatic carbocycles. The Morgan fingerprint density at radius 3 is 2.54 bits per heavy atom. The van der Waals surface area contributed by atoms with Crippen LogP contribution in [0.1, 0.15) is 24.2 Å². The molecule has 3 rings (SSSR count). The maximum absolute atomic E-state index is 12.7. The smallest absolute Gasteiger partial charge is 0.334 e. The average Bonchev–Trinajstić information content (AvgIpc) is 2.98. The minimum Gasteiger partial charge on any atom is -0.334 e.